The average Bonchev–Trinajstić information content (AvgIpc) is 2.55. The van der Waals surface area contributed by atoms with Gasteiger partial charge in [-0.15, -0.1) is 0 Å². The molecule has 0 aliphatic rings. The predicted octanol–water partition coefficient (Wildman–Crippen LogP) is -7.46. The van der Waals surface area contributed by atoms with Crippen LogP contribution in [-0.4, -0.2) is 35.5 Å². The van der Waals surface area contributed by atoms with Crippen LogP contribution in [0.2, 0.25) is 0 Å². The van der Waals surface area contributed by atoms with E-state index in [1.807, 2.05) is 0 Å². The summed E-state index contributed by atoms with van der Waals surface area (Å²) in [5, 5.41) is 20.4. The van der Waals surface area contributed by atoms with Gasteiger partial charge in [-0.25, -0.2) is 0 Å². The quantitative estimate of drug-likeness (QED) is 0.285. The van der Waals surface area contributed by atoms with Crippen molar-refractivity contribution in [2.75, 3.05) is 0 Å². The maximum absolute atomic E-state index is 10.2. The molecule has 2 aromatic rings. The molecule has 31 heavy (non-hydrogen) atoms. The number of hydrogen-bond donors (Lipinski definition) is 0. The molecule has 183 valence electrons. The SMILES string of the molecule is O.O.O=Cc1ccc(C(=O)[O-])cc1.O=Cc1ccc(C(=O)[O-])cc1.[Co+2].[OH3+].[OH3+].[OH3+].[OH3+].[OH3+].[OH3+]. The van der Waals surface area contributed by atoms with Gasteiger partial charge in [-0.1, -0.05) is 48.5 Å². The van der Waals surface area contributed by atoms with Crippen LogP contribution in [0.25, 0.3) is 0 Å². The summed E-state index contributed by atoms with van der Waals surface area (Å²) in [5.41, 5.74) is 1.07. The van der Waals surface area contributed by atoms with E-state index in [2.05, 4.69) is 0 Å². The van der Waals surface area contributed by atoms with Gasteiger partial charge in [0.2, 0.25) is 0 Å². The summed E-state index contributed by atoms with van der Waals surface area (Å²) in [6, 6.07) is 11.0. The molecule has 2 aromatic carbocycles. The number of aromatic carboxylic acids is 2. The van der Waals surface area contributed by atoms with Crippen LogP contribution in [0.1, 0.15) is 41.4 Å². The molecule has 0 unspecified atom stereocenters. The van der Waals surface area contributed by atoms with E-state index in [-0.39, 0.29) is 71.7 Å². The summed E-state index contributed by atoms with van der Waals surface area (Å²) >= 11 is 0. The molecule has 0 aromatic heterocycles. The predicted molar refractivity (Wildman–Crippen MR) is 109 cm³/mol. The van der Waals surface area contributed by atoms with Crippen molar-refractivity contribution in [3.63, 3.8) is 0 Å². The van der Waals surface area contributed by atoms with Crippen LogP contribution in [0, 0.1) is 0 Å². The van der Waals surface area contributed by atoms with Crippen LogP contribution < -0.4 is 10.2 Å². The molecule has 0 bridgehead atoms. The van der Waals surface area contributed by atoms with Gasteiger partial charge in [-0.2, -0.15) is 0 Å². The van der Waals surface area contributed by atoms with E-state index in [1.165, 1.54) is 48.5 Å². The molecule has 1 radical (unpaired) electrons. The van der Waals surface area contributed by atoms with Gasteiger partial charge in [0, 0.05) is 11.1 Å². The number of carboxylic acid groups (broad SMARTS) is 2. The van der Waals surface area contributed by atoms with Crippen LogP contribution in [0.5, 0.6) is 0 Å². The van der Waals surface area contributed by atoms with Crippen molar-refractivity contribution in [1.82, 2.24) is 0 Å². The van der Waals surface area contributed by atoms with E-state index in [4.69, 9.17) is 0 Å². The normalized spacial score (nSPS) is 6.45. The Bertz CT molecular complexity index is 627. The summed E-state index contributed by atoms with van der Waals surface area (Å²) in [4.78, 5) is 40.7. The van der Waals surface area contributed by atoms with E-state index in [1.54, 1.807) is 0 Å². The molecule has 0 fully saturated rings. The van der Waals surface area contributed by atoms with E-state index < -0.39 is 11.9 Å². The monoisotopic (exact) mass is 507 g/mol. The Labute approximate surface area is 185 Å². The first kappa shape index (κ1) is 56.5. The topological polar surface area (TPSA) is 375 Å². The minimum absolute atomic E-state index is 0. The van der Waals surface area contributed by atoms with Crippen molar-refractivity contribution in [1.29, 1.82) is 0 Å². The van der Waals surface area contributed by atoms with Crippen molar-refractivity contribution in [3.8, 4) is 0 Å². The van der Waals surface area contributed by atoms with E-state index in [0.717, 1.165) is 0 Å². The zero-order chi connectivity index (χ0) is 16.5. The number of aldehydes is 2. The van der Waals surface area contributed by atoms with Crippen molar-refractivity contribution in [3.05, 3.63) is 70.8 Å². The summed E-state index contributed by atoms with van der Waals surface area (Å²) < 4.78 is 0. The standard InChI is InChI=1S/2C8H6O3.Co.8H2O/c2*9-5-6-1-3-7(4-2-6)8(10)11;;;;;;;;;/h2*1-5H,(H,10,11);;8*1H2/q;;+2;;;;;;;;/p+4. The fourth-order valence-electron chi connectivity index (χ4n) is 1.40. The molecule has 0 heterocycles. The minimum Gasteiger partial charge on any atom is -0.545 e. The third-order valence-corrected chi connectivity index (χ3v) is 2.56. The maximum atomic E-state index is 10.2. The second kappa shape index (κ2) is 29.1. The maximum Gasteiger partial charge on any atom is 2.00 e. The van der Waals surface area contributed by atoms with Gasteiger partial charge in [0.05, 0.1) is 11.9 Å². The molecule has 14 nitrogen and oxygen atoms in total. The number of carbonyl (C=O) groups is 4. The second-order valence-corrected chi connectivity index (χ2v) is 4.05. The largest absolute Gasteiger partial charge is 2.00 e. The van der Waals surface area contributed by atoms with Gasteiger partial charge in [0.15, 0.2) is 0 Å². The smallest absolute Gasteiger partial charge is 0.545 e. The van der Waals surface area contributed by atoms with Crippen molar-refractivity contribution in [2.24, 2.45) is 0 Å². The van der Waals surface area contributed by atoms with E-state index in [9.17, 15) is 29.4 Å². The molecule has 0 amide bonds. The van der Waals surface area contributed by atoms with Gasteiger partial charge < -0.3 is 63.6 Å². The Kier molecular flexibility index (Phi) is 53.1. The molecule has 22 N–H and O–H groups in total. The molecule has 0 spiro atoms. The van der Waals surface area contributed by atoms with Gasteiger partial charge in [0.1, 0.15) is 12.6 Å². The fourth-order valence-corrected chi connectivity index (χ4v) is 1.40. The summed E-state index contributed by atoms with van der Waals surface area (Å²) in [5.74, 6) is -2.47. The Morgan fingerprint density at radius 3 is 0.871 bits per heavy atom. The molecule has 0 aliphatic heterocycles. The van der Waals surface area contributed by atoms with Crippen LogP contribution in [0.4, 0.5) is 0 Å². The Balaban J connectivity index is -0.0000000346. The van der Waals surface area contributed by atoms with E-state index >= 15 is 0 Å². The molecule has 15 heteroatoms. The van der Waals surface area contributed by atoms with Crippen LogP contribution in [0.15, 0.2) is 48.5 Å². The summed E-state index contributed by atoms with van der Waals surface area (Å²) in [6.45, 7) is 0. The number of rotatable bonds is 4. The van der Waals surface area contributed by atoms with Crippen molar-refractivity contribution in [2.45, 2.75) is 0 Å². The third-order valence-electron chi connectivity index (χ3n) is 2.56. The van der Waals surface area contributed by atoms with Gasteiger partial charge in [0.25, 0.3) is 0 Å². The third kappa shape index (κ3) is 20.0. The number of benzene rings is 2. The molecule has 2 rings (SSSR count). The molecular weight excluding hydrogens is 475 g/mol. The molecule has 0 saturated heterocycles. The zero-order valence-electron chi connectivity index (χ0n) is 16.0. The first-order valence-corrected chi connectivity index (χ1v) is 6.01. The number of carboxylic acids is 2. The van der Waals surface area contributed by atoms with Crippen molar-refractivity contribution < 1.29 is 90.0 Å². The number of carbonyl (C=O) groups excluding carboxylic acids is 4. The van der Waals surface area contributed by atoms with Crippen molar-refractivity contribution >= 4 is 24.5 Å². The minimum atomic E-state index is -1.23. The van der Waals surface area contributed by atoms with Crippen LogP contribution >= 0.6 is 0 Å². The second-order valence-electron chi connectivity index (χ2n) is 4.05. The van der Waals surface area contributed by atoms with Crippen LogP contribution in [0.3, 0.4) is 0 Å². The number of hydrogen-bond acceptors (Lipinski definition) is 6. The molecule has 0 saturated carbocycles. The molecule has 0 atom stereocenters. The summed E-state index contributed by atoms with van der Waals surface area (Å²) in [7, 11) is 0. The molecular formula is C16H32CoO14+6. The first-order chi connectivity index (χ1) is 10.5. The molecule has 0 aliphatic carbocycles. The average molecular weight is 507 g/mol. The Hall–Kier alpha value is -3.09. The fraction of sp³-hybridized carbons (Fsp3) is 0. The van der Waals surface area contributed by atoms with Gasteiger partial charge >= 0.3 is 16.8 Å². The van der Waals surface area contributed by atoms with Gasteiger partial charge in [-0.05, 0) is 11.1 Å². The summed E-state index contributed by atoms with van der Waals surface area (Å²) in [6.07, 6.45) is 1.30. The van der Waals surface area contributed by atoms with E-state index in [0.29, 0.717) is 23.7 Å². The zero-order valence-corrected chi connectivity index (χ0v) is 17.1. The van der Waals surface area contributed by atoms with Crippen LogP contribution in [-0.2, 0) is 49.6 Å². The Morgan fingerprint density at radius 2 is 0.742 bits per heavy atom. The first-order valence-electron chi connectivity index (χ1n) is 6.01. The van der Waals surface area contributed by atoms with Gasteiger partial charge in [-0.3, -0.25) is 9.59 Å². The Morgan fingerprint density at radius 1 is 0.548 bits per heavy atom.